The van der Waals surface area contributed by atoms with E-state index >= 15 is 0 Å². The number of carbonyl (C=O) groups excluding carboxylic acids is 2. The van der Waals surface area contributed by atoms with Crippen molar-refractivity contribution in [3.63, 3.8) is 0 Å². The van der Waals surface area contributed by atoms with Crippen LogP contribution in [0, 0.1) is 5.92 Å². The fourth-order valence-corrected chi connectivity index (χ4v) is 3.40. The standard InChI is InChI=1S/C24H30N2O4/c1-16(2)29-21-9-5-18(6-10-21)14-25-24(28)19-13-23(27)26(15-19)20-7-11-22(12-8-20)30-17(3)4/h5-12,16-17,19H,13-15H2,1-4H3,(H,25,28)/t19-/m0/s1. The highest BCUT2D eigenvalue weighted by Crippen LogP contribution is 2.27. The maximum Gasteiger partial charge on any atom is 0.227 e. The molecule has 1 saturated heterocycles. The molecule has 6 heteroatoms. The van der Waals surface area contributed by atoms with Crippen LogP contribution in [0.4, 0.5) is 5.69 Å². The highest BCUT2D eigenvalue weighted by Gasteiger charge is 2.35. The number of rotatable bonds is 8. The topological polar surface area (TPSA) is 67.9 Å². The molecule has 1 heterocycles. The summed E-state index contributed by atoms with van der Waals surface area (Å²) in [7, 11) is 0. The summed E-state index contributed by atoms with van der Waals surface area (Å²) in [5.41, 5.74) is 1.77. The van der Waals surface area contributed by atoms with Crippen molar-refractivity contribution >= 4 is 17.5 Å². The van der Waals surface area contributed by atoms with Gasteiger partial charge in [0.15, 0.2) is 0 Å². The molecule has 0 radical (unpaired) electrons. The molecule has 6 nitrogen and oxygen atoms in total. The van der Waals surface area contributed by atoms with Crippen molar-refractivity contribution in [2.75, 3.05) is 11.4 Å². The van der Waals surface area contributed by atoms with Crippen LogP contribution >= 0.6 is 0 Å². The van der Waals surface area contributed by atoms with Gasteiger partial charge in [0, 0.05) is 25.2 Å². The number of benzene rings is 2. The lowest BCUT2D eigenvalue weighted by atomic mass is 10.1. The second-order valence-electron chi connectivity index (χ2n) is 8.09. The van der Waals surface area contributed by atoms with Crippen LogP contribution in [-0.2, 0) is 16.1 Å². The van der Waals surface area contributed by atoms with Gasteiger partial charge in [-0.25, -0.2) is 0 Å². The number of hydrogen-bond acceptors (Lipinski definition) is 4. The van der Waals surface area contributed by atoms with Crippen molar-refractivity contribution in [3.8, 4) is 11.5 Å². The van der Waals surface area contributed by atoms with E-state index in [0.717, 1.165) is 22.7 Å². The number of nitrogens with one attached hydrogen (secondary N) is 1. The molecule has 1 fully saturated rings. The second-order valence-corrected chi connectivity index (χ2v) is 8.09. The third kappa shape index (κ3) is 5.75. The van der Waals surface area contributed by atoms with Gasteiger partial charge in [-0.15, -0.1) is 0 Å². The van der Waals surface area contributed by atoms with E-state index in [1.807, 2.05) is 76.2 Å². The predicted octanol–water partition coefficient (Wildman–Crippen LogP) is 3.93. The van der Waals surface area contributed by atoms with E-state index in [1.54, 1.807) is 4.90 Å². The van der Waals surface area contributed by atoms with E-state index < -0.39 is 0 Å². The molecule has 3 rings (SSSR count). The lowest BCUT2D eigenvalue weighted by molar-refractivity contribution is -0.126. The van der Waals surface area contributed by atoms with Crippen molar-refractivity contribution in [2.45, 2.75) is 52.9 Å². The second kappa shape index (κ2) is 9.65. The molecule has 160 valence electrons. The minimum atomic E-state index is -0.354. The molecular weight excluding hydrogens is 380 g/mol. The van der Waals surface area contributed by atoms with Crippen LogP contribution in [0.25, 0.3) is 0 Å². The summed E-state index contributed by atoms with van der Waals surface area (Å²) < 4.78 is 11.3. The Balaban J connectivity index is 1.53. The molecule has 2 aromatic rings. The largest absolute Gasteiger partial charge is 0.491 e. The lowest BCUT2D eigenvalue weighted by Crippen LogP contribution is -2.32. The van der Waals surface area contributed by atoms with E-state index in [2.05, 4.69) is 5.32 Å². The summed E-state index contributed by atoms with van der Waals surface area (Å²) in [6.45, 7) is 8.70. The molecule has 1 atom stereocenters. The Bertz CT molecular complexity index is 860. The SMILES string of the molecule is CC(C)Oc1ccc(CNC(=O)[C@H]2CC(=O)N(c3ccc(OC(C)C)cc3)C2)cc1. The molecule has 1 aliphatic heterocycles. The van der Waals surface area contributed by atoms with Crippen LogP contribution in [-0.4, -0.2) is 30.6 Å². The van der Waals surface area contributed by atoms with E-state index in [-0.39, 0.29) is 36.4 Å². The van der Waals surface area contributed by atoms with Crippen LogP contribution in [0.3, 0.4) is 0 Å². The Kier molecular flexibility index (Phi) is 6.98. The number of anilines is 1. The van der Waals surface area contributed by atoms with E-state index in [9.17, 15) is 9.59 Å². The zero-order valence-electron chi connectivity index (χ0n) is 18.1. The molecule has 2 aromatic carbocycles. The zero-order chi connectivity index (χ0) is 21.7. The van der Waals surface area contributed by atoms with Crippen molar-refractivity contribution in [2.24, 2.45) is 5.92 Å². The normalized spacial score (nSPS) is 16.3. The Labute approximate surface area is 178 Å². The van der Waals surface area contributed by atoms with Crippen molar-refractivity contribution in [1.82, 2.24) is 5.32 Å². The molecular formula is C24H30N2O4. The molecule has 2 amide bonds. The summed E-state index contributed by atoms with van der Waals surface area (Å²) in [6, 6.07) is 15.1. The molecule has 30 heavy (non-hydrogen) atoms. The summed E-state index contributed by atoms with van der Waals surface area (Å²) in [4.78, 5) is 26.7. The summed E-state index contributed by atoms with van der Waals surface area (Å²) in [5.74, 6) is 1.07. The third-order valence-electron chi connectivity index (χ3n) is 4.78. The monoisotopic (exact) mass is 410 g/mol. The fraction of sp³-hybridized carbons (Fsp3) is 0.417. The van der Waals surface area contributed by atoms with Crippen LogP contribution in [0.5, 0.6) is 11.5 Å². The first-order valence-electron chi connectivity index (χ1n) is 10.4. The van der Waals surface area contributed by atoms with Crippen LogP contribution < -0.4 is 19.7 Å². The van der Waals surface area contributed by atoms with Gasteiger partial charge in [0.25, 0.3) is 0 Å². The van der Waals surface area contributed by atoms with Gasteiger partial charge < -0.3 is 19.7 Å². The minimum Gasteiger partial charge on any atom is -0.491 e. The van der Waals surface area contributed by atoms with Gasteiger partial charge >= 0.3 is 0 Å². The van der Waals surface area contributed by atoms with Gasteiger partial charge in [0.2, 0.25) is 11.8 Å². The first kappa shape index (κ1) is 21.7. The zero-order valence-corrected chi connectivity index (χ0v) is 18.1. The van der Waals surface area contributed by atoms with Gasteiger partial charge in [-0.1, -0.05) is 12.1 Å². The quantitative estimate of drug-likeness (QED) is 0.716. The number of carbonyl (C=O) groups is 2. The molecule has 1 aliphatic rings. The van der Waals surface area contributed by atoms with Crippen molar-refractivity contribution < 1.29 is 19.1 Å². The number of amides is 2. The smallest absolute Gasteiger partial charge is 0.227 e. The van der Waals surface area contributed by atoms with E-state index in [4.69, 9.17) is 9.47 Å². The van der Waals surface area contributed by atoms with Crippen LogP contribution in [0.1, 0.15) is 39.7 Å². The third-order valence-corrected chi connectivity index (χ3v) is 4.78. The molecule has 0 aliphatic carbocycles. The predicted molar refractivity (Wildman–Crippen MR) is 117 cm³/mol. The van der Waals surface area contributed by atoms with Crippen molar-refractivity contribution in [1.29, 1.82) is 0 Å². The first-order chi connectivity index (χ1) is 14.3. The maximum absolute atomic E-state index is 12.6. The Morgan fingerprint density at radius 1 is 0.967 bits per heavy atom. The molecule has 0 spiro atoms. The van der Waals surface area contributed by atoms with Crippen LogP contribution in [0.2, 0.25) is 0 Å². The van der Waals surface area contributed by atoms with E-state index in [1.165, 1.54) is 0 Å². The molecule has 1 N–H and O–H groups in total. The van der Waals surface area contributed by atoms with Gasteiger partial charge in [-0.3, -0.25) is 9.59 Å². The van der Waals surface area contributed by atoms with Gasteiger partial charge in [0.1, 0.15) is 11.5 Å². The van der Waals surface area contributed by atoms with E-state index in [0.29, 0.717) is 13.1 Å². The summed E-state index contributed by atoms with van der Waals surface area (Å²) in [5, 5.41) is 2.95. The molecule has 0 unspecified atom stereocenters. The maximum atomic E-state index is 12.6. The Morgan fingerprint density at radius 3 is 2.03 bits per heavy atom. The van der Waals surface area contributed by atoms with Crippen LogP contribution in [0.15, 0.2) is 48.5 Å². The highest BCUT2D eigenvalue weighted by atomic mass is 16.5. The van der Waals surface area contributed by atoms with Gasteiger partial charge in [-0.2, -0.15) is 0 Å². The molecule has 0 bridgehead atoms. The Hall–Kier alpha value is -3.02. The summed E-state index contributed by atoms with van der Waals surface area (Å²) in [6.07, 6.45) is 0.436. The summed E-state index contributed by atoms with van der Waals surface area (Å²) >= 11 is 0. The molecule has 0 aromatic heterocycles. The lowest BCUT2D eigenvalue weighted by Gasteiger charge is -2.18. The number of ether oxygens (including phenoxy) is 2. The van der Waals surface area contributed by atoms with Gasteiger partial charge in [0.05, 0.1) is 18.1 Å². The highest BCUT2D eigenvalue weighted by molar-refractivity contribution is 6.00. The van der Waals surface area contributed by atoms with Gasteiger partial charge in [-0.05, 0) is 69.7 Å². The minimum absolute atomic E-state index is 0.0390. The van der Waals surface area contributed by atoms with Crippen molar-refractivity contribution in [3.05, 3.63) is 54.1 Å². The average Bonchev–Trinajstić information content (AvgIpc) is 3.09. The first-order valence-corrected chi connectivity index (χ1v) is 10.4. The molecule has 0 saturated carbocycles. The number of nitrogens with zero attached hydrogens (tertiary/aromatic N) is 1. The Morgan fingerprint density at radius 2 is 1.50 bits per heavy atom. The fourth-order valence-electron chi connectivity index (χ4n) is 3.40. The average molecular weight is 411 g/mol. The number of hydrogen-bond donors (Lipinski definition) is 1.